The lowest BCUT2D eigenvalue weighted by Crippen LogP contribution is -2.28. The summed E-state index contributed by atoms with van der Waals surface area (Å²) in [6.07, 6.45) is 1.95. The topological polar surface area (TPSA) is 64.1 Å². The smallest absolute Gasteiger partial charge is 0.170 e. The molecule has 0 fully saturated rings. The molecule has 1 aliphatic rings. The summed E-state index contributed by atoms with van der Waals surface area (Å²) < 4.78 is 5.15. The Balaban J connectivity index is 2.38. The summed E-state index contributed by atoms with van der Waals surface area (Å²) in [6, 6.07) is 0.304. The van der Waals surface area contributed by atoms with Crippen LogP contribution in [-0.2, 0) is 6.42 Å². The van der Waals surface area contributed by atoms with Crippen LogP contribution in [0.4, 0.5) is 5.82 Å². The average molecular weight is 167 g/mol. The maximum absolute atomic E-state index is 5.65. The maximum atomic E-state index is 5.65. The number of nitrogens with one attached hydrogen (secondary N) is 1. The summed E-state index contributed by atoms with van der Waals surface area (Å²) in [5.74, 6) is 1.49. The van der Waals surface area contributed by atoms with Gasteiger partial charge in [0, 0.05) is 12.1 Å². The molecular formula is C8H13N3O. The lowest BCUT2D eigenvalue weighted by Gasteiger charge is -2.19. The number of aromatic nitrogens is 1. The second-order valence-corrected chi connectivity index (χ2v) is 3.08. The number of nitrogens with zero attached hydrogens (tertiary/aromatic N) is 1. The molecule has 2 heterocycles. The van der Waals surface area contributed by atoms with Gasteiger partial charge in [-0.25, -0.2) is 0 Å². The van der Waals surface area contributed by atoms with Crippen molar-refractivity contribution in [2.75, 3.05) is 12.3 Å². The highest BCUT2D eigenvalue weighted by atomic mass is 16.5. The van der Waals surface area contributed by atoms with Gasteiger partial charge in [-0.2, -0.15) is 0 Å². The Morgan fingerprint density at radius 2 is 2.58 bits per heavy atom. The van der Waals surface area contributed by atoms with Crippen LogP contribution >= 0.6 is 0 Å². The summed E-state index contributed by atoms with van der Waals surface area (Å²) in [7, 11) is 0. The fourth-order valence-electron chi connectivity index (χ4n) is 1.65. The van der Waals surface area contributed by atoms with E-state index in [2.05, 4.69) is 17.4 Å². The zero-order valence-corrected chi connectivity index (χ0v) is 7.13. The van der Waals surface area contributed by atoms with Crippen LogP contribution in [0.25, 0.3) is 0 Å². The zero-order chi connectivity index (χ0) is 8.55. The molecule has 0 spiro atoms. The molecule has 1 aromatic heterocycles. The quantitative estimate of drug-likeness (QED) is 0.651. The predicted octanol–water partition coefficient (Wildman–Crippen LogP) is 0.854. The minimum absolute atomic E-state index is 0.304. The van der Waals surface area contributed by atoms with E-state index in [1.54, 1.807) is 0 Å². The van der Waals surface area contributed by atoms with Crippen LogP contribution in [0.5, 0.6) is 0 Å². The van der Waals surface area contributed by atoms with Crippen LogP contribution in [0.1, 0.15) is 30.7 Å². The van der Waals surface area contributed by atoms with Gasteiger partial charge in [-0.05, 0) is 12.8 Å². The molecule has 66 valence electrons. The van der Waals surface area contributed by atoms with E-state index in [4.69, 9.17) is 10.3 Å². The van der Waals surface area contributed by atoms with Crippen molar-refractivity contribution in [3.63, 3.8) is 0 Å². The minimum Gasteiger partial charge on any atom is -0.381 e. The number of fused-ring (bicyclic) bond motifs is 1. The average Bonchev–Trinajstić information content (AvgIpc) is 2.48. The lowest BCUT2D eigenvalue weighted by molar-refractivity contribution is 0.323. The first kappa shape index (κ1) is 7.61. The zero-order valence-electron chi connectivity index (χ0n) is 7.13. The van der Waals surface area contributed by atoms with Gasteiger partial charge in [0.1, 0.15) is 0 Å². The Morgan fingerprint density at radius 1 is 1.75 bits per heavy atom. The second kappa shape index (κ2) is 2.79. The summed E-state index contributed by atoms with van der Waals surface area (Å²) in [6.45, 7) is 3.09. The van der Waals surface area contributed by atoms with Crippen molar-refractivity contribution in [1.29, 1.82) is 0 Å². The van der Waals surface area contributed by atoms with E-state index in [0.29, 0.717) is 11.9 Å². The molecule has 12 heavy (non-hydrogen) atoms. The largest absolute Gasteiger partial charge is 0.381 e. The molecule has 1 unspecified atom stereocenters. The highest BCUT2D eigenvalue weighted by molar-refractivity contribution is 5.42. The molecule has 0 aromatic carbocycles. The highest BCUT2D eigenvalue weighted by Gasteiger charge is 2.24. The maximum Gasteiger partial charge on any atom is 0.170 e. The Labute approximate surface area is 71.1 Å². The van der Waals surface area contributed by atoms with E-state index in [1.807, 2.05) is 0 Å². The molecule has 0 aliphatic carbocycles. The molecule has 0 saturated heterocycles. The number of anilines is 1. The van der Waals surface area contributed by atoms with E-state index in [-0.39, 0.29) is 0 Å². The van der Waals surface area contributed by atoms with Crippen molar-refractivity contribution in [3.05, 3.63) is 11.3 Å². The summed E-state index contributed by atoms with van der Waals surface area (Å²) in [5.41, 5.74) is 6.74. The van der Waals surface area contributed by atoms with Gasteiger partial charge in [-0.3, -0.25) is 0 Å². The van der Waals surface area contributed by atoms with Crippen LogP contribution in [0.3, 0.4) is 0 Å². The third-order valence-electron chi connectivity index (χ3n) is 2.34. The van der Waals surface area contributed by atoms with Crippen LogP contribution in [0.15, 0.2) is 4.52 Å². The first-order valence-electron chi connectivity index (χ1n) is 4.30. The second-order valence-electron chi connectivity index (χ2n) is 3.08. The summed E-state index contributed by atoms with van der Waals surface area (Å²) in [4.78, 5) is 0. The Bertz CT molecular complexity index is 282. The molecule has 1 aliphatic heterocycles. The van der Waals surface area contributed by atoms with E-state index in [9.17, 15) is 0 Å². The normalized spacial score (nSPS) is 22.2. The van der Waals surface area contributed by atoms with Crippen molar-refractivity contribution < 1.29 is 4.52 Å². The summed E-state index contributed by atoms with van der Waals surface area (Å²) in [5, 5.41) is 7.11. The number of nitrogen functional groups attached to an aromatic ring is 1. The van der Waals surface area contributed by atoms with Crippen LogP contribution < -0.4 is 11.1 Å². The van der Waals surface area contributed by atoms with Gasteiger partial charge in [0.2, 0.25) is 0 Å². The van der Waals surface area contributed by atoms with Crippen molar-refractivity contribution >= 4 is 5.82 Å². The molecule has 0 saturated carbocycles. The van der Waals surface area contributed by atoms with E-state index < -0.39 is 0 Å². The van der Waals surface area contributed by atoms with Gasteiger partial charge in [0.05, 0.1) is 6.04 Å². The third kappa shape index (κ3) is 0.992. The van der Waals surface area contributed by atoms with Crippen LogP contribution in [0, 0.1) is 0 Å². The third-order valence-corrected chi connectivity index (χ3v) is 2.34. The first-order valence-corrected chi connectivity index (χ1v) is 4.30. The molecule has 0 radical (unpaired) electrons. The predicted molar refractivity (Wildman–Crippen MR) is 45.7 cm³/mol. The minimum atomic E-state index is 0.304. The van der Waals surface area contributed by atoms with Gasteiger partial charge in [0.15, 0.2) is 11.6 Å². The molecular weight excluding hydrogens is 154 g/mol. The Hall–Kier alpha value is -1.03. The Kier molecular flexibility index (Phi) is 1.77. The Morgan fingerprint density at radius 3 is 3.33 bits per heavy atom. The van der Waals surface area contributed by atoms with E-state index in [1.165, 1.54) is 0 Å². The fourth-order valence-corrected chi connectivity index (χ4v) is 1.65. The molecule has 1 atom stereocenters. The highest BCUT2D eigenvalue weighted by Crippen LogP contribution is 2.28. The first-order chi connectivity index (χ1) is 5.83. The number of hydrogen-bond acceptors (Lipinski definition) is 4. The number of rotatable bonds is 1. The van der Waals surface area contributed by atoms with Crippen molar-refractivity contribution in [2.45, 2.75) is 25.8 Å². The SMILES string of the molecule is CCC1NCCc2c(N)noc21. The van der Waals surface area contributed by atoms with Crippen LogP contribution in [0.2, 0.25) is 0 Å². The molecule has 3 N–H and O–H groups in total. The lowest BCUT2D eigenvalue weighted by atomic mass is 10.0. The monoisotopic (exact) mass is 167 g/mol. The van der Waals surface area contributed by atoms with Gasteiger partial charge < -0.3 is 15.6 Å². The van der Waals surface area contributed by atoms with Gasteiger partial charge >= 0.3 is 0 Å². The molecule has 4 heteroatoms. The summed E-state index contributed by atoms with van der Waals surface area (Å²) >= 11 is 0. The van der Waals surface area contributed by atoms with Crippen LogP contribution in [-0.4, -0.2) is 11.7 Å². The van der Waals surface area contributed by atoms with Gasteiger partial charge in [0.25, 0.3) is 0 Å². The number of hydrogen-bond donors (Lipinski definition) is 2. The van der Waals surface area contributed by atoms with Gasteiger partial charge in [-0.15, -0.1) is 0 Å². The van der Waals surface area contributed by atoms with Gasteiger partial charge in [-0.1, -0.05) is 12.1 Å². The molecule has 0 amide bonds. The van der Waals surface area contributed by atoms with E-state index >= 15 is 0 Å². The molecule has 0 bridgehead atoms. The molecule has 1 aromatic rings. The molecule has 4 nitrogen and oxygen atoms in total. The standard InChI is InChI=1S/C8H13N3O/c1-2-6-7-5(3-4-10-6)8(9)11-12-7/h6,10H,2-4H2,1H3,(H2,9,11). The van der Waals surface area contributed by atoms with E-state index in [0.717, 1.165) is 30.7 Å². The fraction of sp³-hybridized carbons (Fsp3) is 0.625. The van der Waals surface area contributed by atoms with Crippen molar-refractivity contribution in [1.82, 2.24) is 10.5 Å². The van der Waals surface area contributed by atoms with Crippen molar-refractivity contribution in [3.8, 4) is 0 Å². The van der Waals surface area contributed by atoms with Crippen molar-refractivity contribution in [2.24, 2.45) is 0 Å². The number of nitrogens with two attached hydrogens (primary N) is 1. The molecule has 2 rings (SSSR count).